The highest BCUT2D eigenvalue weighted by Crippen LogP contribution is 2.36. The first-order valence-electron chi connectivity index (χ1n) is 14.0. The molecule has 0 radical (unpaired) electrons. The number of ether oxygens (including phenoxy) is 3. The van der Waals surface area contributed by atoms with Gasteiger partial charge in [-0.2, -0.15) is 0 Å². The van der Waals surface area contributed by atoms with Gasteiger partial charge in [0, 0.05) is 24.8 Å². The zero-order valence-corrected chi connectivity index (χ0v) is 22.8. The van der Waals surface area contributed by atoms with Gasteiger partial charge in [0.15, 0.2) is 5.78 Å². The minimum absolute atomic E-state index is 0.0156. The van der Waals surface area contributed by atoms with E-state index in [1.54, 1.807) is 0 Å². The number of benzene rings is 2. The fourth-order valence-electron chi connectivity index (χ4n) is 4.85. The molecule has 2 N–H and O–H groups in total. The molecule has 0 fully saturated rings. The number of rotatable bonds is 18. The van der Waals surface area contributed by atoms with Crippen molar-refractivity contribution in [3.63, 3.8) is 0 Å². The summed E-state index contributed by atoms with van der Waals surface area (Å²) in [5.74, 6) is 0.540. The molecule has 2 aromatic carbocycles. The summed E-state index contributed by atoms with van der Waals surface area (Å²) >= 11 is 0. The summed E-state index contributed by atoms with van der Waals surface area (Å²) < 4.78 is 17.8. The van der Waals surface area contributed by atoms with Gasteiger partial charge in [0.1, 0.15) is 17.2 Å². The molecule has 0 amide bonds. The van der Waals surface area contributed by atoms with Gasteiger partial charge in [0.25, 0.3) is 0 Å². The van der Waals surface area contributed by atoms with E-state index in [1.807, 2.05) is 30.3 Å². The van der Waals surface area contributed by atoms with E-state index >= 15 is 0 Å². The third-order valence-electron chi connectivity index (χ3n) is 6.80. The largest absolute Gasteiger partial charge is 0.493 e. The Morgan fingerprint density at radius 3 is 2.28 bits per heavy atom. The van der Waals surface area contributed by atoms with E-state index in [1.165, 1.54) is 0 Å². The van der Waals surface area contributed by atoms with Gasteiger partial charge >= 0.3 is 11.9 Å². The van der Waals surface area contributed by atoms with E-state index in [4.69, 9.17) is 19.3 Å². The molecule has 0 bridgehead atoms. The fraction of sp³-hybridized carbons (Fsp3) is 0.516. The van der Waals surface area contributed by atoms with E-state index in [0.717, 1.165) is 67.4 Å². The third kappa shape index (κ3) is 9.30. The van der Waals surface area contributed by atoms with Crippen LogP contribution in [0.5, 0.6) is 17.2 Å². The number of fused-ring (bicyclic) bond motifs is 1. The maximum absolute atomic E-state index is 12.2. The summed E-state index contributed by atoms with van der Waals surface area (Å²) in [7, 11) is 0. The molecule has 8 nitrogen and oxygen atoms in total. The summed E-state index contributed by atoms with van der Waals surface area (Å²) in [5.41, 5.74) is 3.63. The van der Waals surface area contributed by atoms with Crippen LogP contribution in [0.15, 0.2) is 30.3 Å². The number of unbranched alkanes of at least 4 members (excludes halogenated alkanes) is 3. The molecule has 0 saturated heterocycles. The molecule has 0 atom stereocenters. The van der Waals surface area contributed by atoms with Crippen LogP contribution in [0.4, 0.5) is 0 Å². The van der Waals surface area contributed by atoms with Crippen LogP contribution in [0, 0.1) is 0 Å². The summed E-state index contributed by atoms with van der Waals surface area (Å²) in [4.78, 5) is 34.2. The second-order valence-electron chi connectivity index (χ2n) is 9.84. The standard InChI is InChI=1S/C31H40O8/c1-2-9-25-28(16-14-24-26(32)18-21-39-31(24)25)37-19-6-4-3-5-10-22-11-7-12-27(23(22)15-17-30(35)36)38-20-8-13-29(33)34/h7,11-12,14,16H,2-6,8-10,13,15,17-21H2,1H3,(H,33,34)(H,35,36). The van der Waals surface area contributed by atoms with Crippen molar-refractivity contribution >= 4 is 17.7 Å². The van der Waals surface area contributed by atoms with Crippen molar-refractivity contribution in [1.29, 1.82) is 0 Å². The molecule has 212 valence electrons. The van der Waals surface area contributed by atoms with Crippen molar-refractivity contribution in [2.24, 2.45) is 0 Å². The zero-order valence-electron chi connectivity index (χ0n) is 22.8. The first kappa shape index (κ1) is 30.0. The number of ketones is 1. The van der Waals surface area contributed by atoms with Crippen molar-refractivity contribution in [2.75, 3.05) is 19.8 Å². The number of hydrogen-bond acceptors (Lipinski definition) is 6. The van der Waals surface area contributed by atoms with Gasteiger partial charge in [-0.25, -0.2) is 0 Å². The Bertz CT molecular complexity index is 1120. The highest BCUT2D eigenvalue weighted by Gasteiger charge is 2.23. The van der Waals surface area contributed by atoms with Crippen LogP contribution < -0.4 is 14.2 Å². The second-order valence-corrected chi connectivity index (χ2v) is 9.84. The molecule has 39 heavy (non-hydrogen) atoms. The molecule has 1 heterocycles. The summed E-state index contributed by atoms with van der Waals surface area (Å²) in [6.07, 6.45) is 7.68. The second kappa shape index (κ2) is 15.8. The van der Waals surface area contributed by atoms with Gasteiger partial charge < -0.3 is 24.4 Å². The monoisotopic (exact) mass is 540 g/mol. The van der Waals surface area contributed by atoms with Gasteiger partial charge in [0.2, 0.25) is 0 Å². The minimum atomic E-state index is -0.863. The first-order valence-corrected chi connectivity index (χ1v) is 14.0. The molecular formula is C31H40O8. The normalized spacial score (nSPS) is 12.5. The third-order valence-corrected chi connectivity index (χ3v) is 6.80. The van der Waals surface area contributed by atoms with Crippen LogP contribution >= 0.6 is 0 Å². The predicted octanol–water partition coefficient (Wildman–Crippen LogP) is 6.05. The SMILES string of the molecule is CCCc1c(OCCCCCCc2cccc(OCCCC(=O)O)c2CCC(=O)O)ccc2c1OCCC2=O. The number of carbonyl (C=O) groups is 3. The lowest BCUT2D eigenvalue weighted by Crippen LogP contribution is -2.17. The van der Waals surface area contributed by atoms with E-state index in [9.17, 15) is 19.5 Å². The van der Waals surface area contributed by atoms with Gasteiger partial charge in [-0.1, -0.05) is 38.3 Å². The van der Waals surface area contributed by atoms with Crippen LogP contribution in [0.3, 0.4) is 0 Å². The Morgan fingerprint density at radius 2 is 1.54 bits per heavy atom. The van der Waals surface area contributed by atoms with Crippen LogP contribution in [-0.2, 0) is 28.9 Å². The van der Waals surface area contributed by atoms with Gasteiger partial charge in [-0.3, -0.25) is 14.4 Å². The molecule has 1 aliphatic rings. The Kier molecular flexibility index (Phi) is 12.1. The highest BCUT2D eigenvalue weighted by atomic mass is 16.5. The lowest BCUT2D eigenvalue weighted by molar-refractivity contribution is -0.138. The van der Waals surface area contributed by atoms with Crippen molar-refractivity contribution < 1.29 is 38.8 Å². The Balaban J connectivity index is 1.48. The molecule has 2 aromatic rings. The van der Waals surface area contributed by atoms with Crippen molar-refractivity contribution in [1.82, 2.24) is 0 Å². The maximum Gasteiger partial charge on any atom is 0.303 e. The summed E-state index contributed by atoms with van der Waals surface area (Å²) in [6, 6.07) is 9.46. The molecule has 1 aliphatic heterocycles. The smallest absolute Gasteiger partial charge is 0.303 e. The van der Waals surface area contributed by atoms with Gasteiger partial charge in [0.05, 0.1) is 25.4 Å². The number of carboxylic acid groups (broad SMARTS) is 2. The van der Waals surface area contributed by atoms with Crippen molar-refractivity contribution in [3.8, 4) is 17.2 Å². The van der Waals surface area contributed by atoms with E-state index in [2.05, 4.69) is 6.92 Å². The Labute approximate surface area is 230 Å². The van der Waals surface area contributed by atoms with Crippen LogP contribution in [-0.4, -0.2) is 47.8 Å². The molecule has 0 unspecified atom stereocenters. The number of Topliss-reactive ketones (excluding diaryl/α,β-unsaturated/α-hetero) is 1. The highest BCUT2D eigenvalue weighted by molar-refractivity contribution is 6.00. The van der Waals surface area contributed by atoms with Gasteiger partial charge in [-0.15, -0.1) is 0 Å². The molecule has 8 heteroatoms. The predicted molar refractivity (Wildman–Crippen MR) is 147 cm³/mol. The topological polar surface area (TPSA) is 119 Å². The molecule has 0 aromatic heterocycles. The Hall–Kier alpha value is -3.55. The van der Waals surface area contributed by atoms with E-state index in [0.29, 0.717) is 49.5 Å². The molecular weight excluding hydrogens is 500 g/mol. The first-order chi connectivity index (χ1) is 18.9. The average molecular weight is 541 g/mol. The van der Waals surface area contributed by atoms with Crippen LogP contribution in [0.2, 0.25) is 0 Å². The van der Waals surface area contributed by atoms with Crippen LogP contribution in [0.1, 0.15) is 91.8 Å². The lowest BCUT2D eigenvalue weighted by Gasteiger charge is -2.22. The van der Waals surface area contributed by atoms with Crippen molar-refractivity contribution in [3.05, 3.63) is 52.6 Å². The molecule has 3 rings (SSSR count). The van der Waals surface area contributed by atoms with Crippen molar-refractivity contribution in [2.45, 2.75) is 84.0 Å². The lowest BCUT2D eigenvalue weighted by atomic mass is 9.96. The van der Waals surface area contributed by atoms with Gasteiger partial charge in [-0.05, 0) is 67.9 Å². The number of aliphatic carboxylic acids is 2. The number of carbonyl (C=O) groups excluding carboxylic acids is 1. The van der Waals surface area contributed by atoms with E-state index < -0.39 is 11.9 Å². The summed E-state index contributed by atoms with van der Waals surface area (Å²) in [5, 5.41) is 18.0. The minimum Gasteiger partial charge on any atom is -0.493 e. The molecule has 0 spiro atoms. The Morgan fingerprint density at radius 1 is 0.821 bits per heavy atom. The number of aryl methyl sites for hydroxylation is 1. The summed E-state index contributed by atoms with van der Waals surface area (Å²) in [6.45, 7) is 3.39. The molecule has 0 aliphatic carbocycles. The average Bonchev–Trinajstić information content (AvgIpc) is 2.91. The van der Waals surface area contributed by atoms with E-state index in [-0.39, 0.29) is 25.2 Å². The maximum atomic E-state index is 12.2. The quantitative estimate of drug-likeness (QED) is 0.219. The van der Waals surface area contributed by atoms with Crippen LogP contribution in [0.25, 0.3) is 0 Å². The zero-order chi connectivity index (χ0) is 28.0. The number of carboxylic acids is 2. The fourth-order valence-corrected chi connectivity index (χ4v) is 4.85. The number of hydrogen-bond donors (Lipinski definition) is 2. The molecule has 0 saturated carbocycles.